The Hall–Kier alpha value is -2.15. The molecule has 0 bridgehead atoms. The molecule has 3 rings (SSSR count). The first-order valence-electron chi connectivity index (χ1n) is 7.96. The van der Waals surface area contributed by atoms with Crippen molar-refractivity contribution in [3.05, 3.63) is 50.1 Å². The Bertz CT molecular complexity index is 817. The van der Waals surface area contributed by atoms with Crippen LogP contribution in [0.5, 0.6) is 0 Å². The summed E-state index contributed by atoms with van der Waals surface area (Å²) in [6.45, 7) is 4.49. The van der Waals surface area contributed by atoms with Crippen molar-refractivity contribution in [3.63, 3.8) is 0 Å². The van der Waals surface area contributed by atoms with Crippen molar-refractivity contribution in [1.82, 2.24) is 24.2 Å². The number of rotatable bonds is 3. The molecule has 0 aromatic carbocycles. The van der Waals surface area contributed by atoms with E-state index in [0.29, 0.717) is 12.5 Å². The van der Waals surface area contributed by atoms with Crippen LogP contribution < -0.4 is 11.2 Å². The van der Waals surface area contributed by atoms with Gasteiger partial charge in [-0.3, -0.25) is 23.9 Å². The van der Waals surface area contributed by atoms with Crippen molar-refractivity contribution in [3.8, 4) is 0 Å². The molecule has 0 amide bonds. The van der Waals surface area contributed by atoms with E-state index in [0.717, 1.165) is 47.6 Å². The van der Waals surface area contributed by atoms with Gasteiger partial charge in [0.05, 0.1) is 5.69 Å². The van der Waals surface area contributed by atoms with Crippen LogP contribution in [0.25, 0.3) is 0 Å². The molecule has 7 nitrogen and oxygen atoms in total. The van der Waals surface area contributed by atoms with Crippen molar-refractivity contribution in [1.29, 1.82) is 0 Å². The van der Waals surface area contributed by atoms with Gasteiger partial charge in [0.2, 0.25) is 0 Å². The van der Waals surface area contributed by atoms with Crippen LogP contribution in [-0.4, -0.2) is 37.3 Å². The van der Waals surface area contributed by atoms with Crippen molar-refractivity contribution in [2.45, 2.75) is 32.2 Å². The maximum Gasteiger partial charge on any atom is 0.330 e. The Morgan fingerprint density at radius 3 is 2.74 bits per heavy atom. The van der Waals surface area contributed by atoms with Crippen LogP contribution in [0.4, 0.5) is 0 Å². The Morgan fingerprint density at radius 2 is 2.04 bits per heavy atom. The molecule has 3 heterocycles. The van der Waals surface area contributed by atoms with Crippen LogP contribution in [-0.2, 0) is 20.6 Å². The summed E-state index contributed by atoms with van der Waals surface area (Å²) in [4.78, 5) is 26.2. The SMILES string of the molecule is Cc1cc([C@H]2CCCN(Cc3cc(=O)n(C)c(=O)n3C)C2)n[nH]1. The van der Waals surface area contributed by atoms with Gasteiger partial charge in [0, 0.05) is 50.6 Å². The van der Waals surface area contributed by atoms with E-state index >= 15 is 0 Å². The summed E-state index contributed by atoms with van der Waals surface area (Å²) >= 11 is 0. The first-order valence-corrected chi connectivity index (χ1v) is 7.96. The predicted octanol–water partition coefficient (Wildman–Crippen LogP) is 0.495. The van der Waals surface area contributed by atoms with Gasteiger partial charge in [-0.15, -0.1) is 0 Å². The smallest absolute Gasteiger partial charge is 0.299 e. The third-order valence-corrected chi connectivity index (χ3v) is 4.66. The van der Waals surface area contributed by atoms with E-state index in [9.17, 15) is 9.59 Å². The van der Waals surface area contributed by atoms with Crippen LogP contribution in [0.3, 0.4) is 0 Å². The van der Waals surface area contributed by atoms with Crippen LogP contribution in [0.2, 0.25) is 0 Å². The summed E-state index contributed by atoms with van der Waals surface area (Å²) in [5, 5.41) is 7.38. The van der Waals surface area contributed by atoms with Crippen LogP contribution >= 0.6 is 0 Å². The molecule has 1 saturated heterocycles. The molecule has 1 atom stereocenters. The number of hydrogen-bond acceptors (Lipinski definition) is 4. The fourth-order valence-electron chi connectivity index (χ4n) is 3.25. The molecule has 0 unspecified atom stereocenters. The molecule has 124 valence electrons. The fraction of sp³-hybridized carbons (Fsp3) is 0.562. The number of nitrogens with one attached hydrogen (secondary N) is 1. The summed E-state index contributed by atoms with van der Waals surface area (Å²) < 4.78 is 2.69. The molecule has 1 fully saturated rings. The van der Waals surface area contributed by atoms with Crippen molar-refractivity contribution in [2.75, 3.05) is 13.1 Å². The number of likely N-dealkylation sites (tertiary alicyclic amines) is 1. The zero-order chi connectivity index (χ0) is 16.6. The second-order valence-electron chi connectivity index (χ2n) is 6.42. The van der Waals surface area contributed by atoms with E-state index in [1.807, 2.05) is 6.92 Å². The maximum absolute atomic E-state index is 12.0. The summed E-state index contributed by atoms with van der Waals surface area (Å²) in [6.07, 6.45) is 2.21. The first-order chi connectivity index (χ1) is 11.0. The third-order valence-electron chi connectivity index (χ3n) is 4.66. The van der Waals surface area contributed by atoms with Gasteiger partial charge in [-0.1, -0.05) is 0 Å². The van der Waals surface area contributed by atoms with Crippen LogP contribution in [0, 0.1) is 6.92 Å². The normalized spacial score (nSPS) is 19.2. The van der Waals surface area contributed by atoms with E-state index < -0.39 is 0 Å². The fourth-order valence-corrected chi connectivity index (χ4v) is 3.25. The van der Waals surface area contributed by atoms with Crippen molar-refractivity contribution < 1.29 is 0 Å². The zero-order valence-electron chi connectivity index (χ0n) is 13.9. The molecule has 1 N–H and O–H groups in total. The van der Waals surface area contributed by atoms with E-state index in [4.69, 9.17) is 0 Å². The lowest BCUT2D eigenvalue weighted by molar-refractivity contribution is 0.193. The van der Waals surface area contributed by atoms with Crippen molar-refractivity contribution in [2.24, 2.45) is 14.1 Å². The largest absolute Gasteiger partial charge is 0.330 e. The van der Waals surface area contributed by atoms with Gasteiger partial charge < -0.3 is 0 Å². The highest BCUT2D eigenvalue weighted by Crippen LogP contribution is 2.26. The molecule has 2 aromatic heterocycles. The Morgan fingerprint density at radius 1 is 1.26 bits per heavy atom. The lowest BCUT2D eigenvalue weighted by Gasteiger charge is -2.32. The number of aromatic nitrogens is 4. The van der Waals surface area contributed by atoms with Gasteiger partial charge in [0.15, 0.2) is 0 Å². The van der Waals surface area contributed by atoms with Gasteiger partial charge in [-0.2, -0.15) is 5.10 Å². The standard InChI is InChI=1S/C16H23N5O2/c1-11-7-14(18-17-11)12-5-4-6-21(9-12)10-13-8-15(22)20(3)16(23)19(13)2/h7-8,12H,4-6,9-10H2,1-3H3,(H,17,18)/t12-/m0/s1. The highest BCUT2D eigenvalue weighted by Gasteiger charge is 2.24. The number of H-pyrrole nitrogens is 1. The van der Waals surface area contributed by atoms with Gasteiger partial charge >= 0.3 is 5.69 Å². The van der Waals surface area contributed by atoms with Gasteiger partial charge in [-0.05, 0) is 32.4 Å². The molecule has 0 saturated carbocycles. The first kappa shape index (κ1) is 15.7. The second-order valence-corrected chi connectivity index (χ2v) is 6.42. The number of hydrogen-bond donors (Lipinski definition) is 1. The minimum atomic E-state index is -0.274. The van der Waals surface area contributed by atoms with E-state index in [1.54, 1.807) is 17.7 Å². The predicted molar refractivity (Wildman–Crippen MR) is 87.5 cm³/mol. The monoisotopic (exact) mass is 317 g/mol. The van der Waals surface area contributed by atoms with E-state index in [1.165, 1.54) is 7.05 Å². The lowest BCUT2D eigenvalue weighted by Crippen LogP contribution is -2.41. The Labute approximate surface area is 134 Å². The van der Waals surface area contributed by atoms with Crippen LogP contribution in [0.15, 0.2) is 21.7 Å². The van der Waals surface area contributed by atoms with Gasteiger partial charge in [-0.25, -0.2) is 4.79 Å². The minimum Gasteiger partial charge on any atom is -0.299 e. The molecule has 0 aliphatic carbocycles. The highest BCUT2D eigenvalue weighted by atomic mass is 16.2. The molecule has 7 heteroatoms. The van der Waals surface area contributed by atoms with Gasteiger partial charge in [0.1, 0.15) is 0 Å². The zero-order valence-corrected chi connectivity index (χ0v) is 13.9. The maximum atomic E-state index is 12.0. The van der Waals surface area contributed by atoms with Crippen LogP contribution in [0.1, 0.15) is 35.8 Å². The summed E-state index contributed by atoms with van der Waals surface area (Å²) in [5.74, 6) is 0.400. The quantitative estimate of drug-likeness (QED) is 0.894. The van der Waals surface area contributed by atoms with E-state index in [-0.39, 0.29) is 11.2 Å². The Balaban J connectivity index is 1.78. The molecule has 0 spiro atoms. The molecular formula is C16H23N5O2. The summed E-state index contributed by atoms with van der Waals surface area (Å²) in [5.41, 5.74) is 2.41. The van der Waals surface area contributed by atoms with Gasteiger partial charge in [0.25, 0.3) is 5.56 Å². The summed E-state index contributed by atoms with van der Waals surface area (Å²) in [7, 11) is 3.22. The summed E-state index contributed by atoms with van der Waals surface area (Å²) in [6, 6.07) is 3.66. The topological polar surface area (TPSA) is 75.9 Å². The molecule has 0 radical (unpaired) electrons. The lowest BCUT2D eigenvalue weighted by atomic mass is 9.94. The number of piperidine rings is 1. The molecule has 1 aliphatic heterocycles. The minimum absolute atomic E-state index is 0.250. The number of aryl methyl sites for hydroxylation is 1. The number of aromatic amines is 1. The average Bonchev–Trinajstić information content (AvgIpc) is 2.97. The van der Waals surface area contributed by atoms with E-state index in [2.05, 4.69) is 21.2 Å². The molecule has 1 aliphatic rings. The Kier molecular flexibility index (Phi) is 4.21. The number of nitrogens with zero attached hydrogens (tertiary/aromatic N) is 4. The second kappa shape index (κ2) is 6.16. The van der Waals surface area contributed by atoms with Crippen molar-refractivity contribution >= 4 is 0 Å². The molecule has 2 aromatic rings. The molecular weight excluding hydrogens is 294 g/mol. The average molecular weight is 317 g/mol. The third kappa shape index (κ3) is 3.14. The highest BCUT2D eigenvalue weighted by molar-refractivity contribution is 5.13. The molecule has 23 heavy (non-hydrogen) atoms.